The number of nitrogens with zero attached hydrogens (tertiary/aromatic N) is 3. The predicted molar refractivity (Wildman–Crippen MR) is 111 cm³/mol. The van der Waals surface area contributed by atoms with Crippen LogP contribution in [0.4, 0.5) is 0 Å². The summed E-state index contributed by atoms with van der Waals surface area (Å²) in [4.78, 5) is 33.2. The van der Waals surface area contributed by atoms with Gasteiger partial charge in [0.25, 0.3) is 0 Å². The number of hydrogen-bond acceptors (Lipinski definition) is 3. The van der Waals surface area contributed by atoms with Gasteiger partial charge in [0.1, 0.15) is 6.04 Å². The monoisotopic (exact) mass is 377 g/mol. The van der Waals surface area contributed by atoms with Crippen molar-refractivity contribution in [1.29, 1.82) is 0 Å². The molecular weight excluding hydrogens is 350 g/mol. The third-order valence-electron chi connectivity index (χ3n) is 5.11. The van der Waals surface area contributed by atoms with Gasteiger partial charge in [-0.25, -0.2) is 0 Å². The van der Waals surface area contributed by atoms with Crippen molar-refractivity contribution < 1.29 is 9.59 Å². The van der Waals surface area contributed by atoms with Crippen molar-refractivity contribution >= 4 is 11.8 Å². The summed E-state index contributed by atoms with van der Waals surface area (Å²) in [5.74, 6) is 0.0707. The van der Waals surface area contributed by atoms with Gasteiger partial charge < -0.3 is 9.80 Å². The van der Waals surface area contributed by atoms with Crippen LogP contribution in [0.3, 0.4) is 0 Å². The van der Waals surface area contributed by atoms with Gasteiger partial charge in [-0.15, -0.1) is 6.58 Å². The molecule has 2 aromatic rings. The Morgan fingerprint density at radius 1 is 1.14 bits per heavy atom. The molecule has 3 rings (SSSR count). The number of benzene rings is 1. The Morgan fingerprint density at radius 3 is 2.46 bits per heavy atom. The van der Waals surface area contributed by atoms with Crippen LogP contribution in [0.1, 0.15) is 25.3 Å². The van der Waals surface area contributed by atoms with Crippen LogP contribution >= 0.6 is 0 Å². The summed E-state index contributed by atoms with van der Waals surface area (Å²) in [7, 11) is 0. The second-order valence-electron chi connectivity index (χ2n) is 7.06. The van der Waals surface area contributed by atoms with Gasteiger partial charge >= 0.3 is 0 Å². The van der Waals surface area contributed by atoms with Crippen molar-refractivity contribution in [2.75, 3.05) is 19.6 Å². The van der Waals surface area contributed by atoms with Crippen LogP contribution in [-0.4, -0.2) is 52.3 Å². The Kier molecular flexibility index (Phi) is 6.58. The fourth-order valence-electron chi connectivity index (χ4n) is 3.63. The largest absolute Gasteiger partial charge is 0.335 e. The number of carbonyl (C=O) groups excluding carboxylic acids is 2. The highest BCUT2D eigenvalue weighted by Crippen LogP contribution is 2.22. The van der Waals surface area contributed by atoms with E-state index >= 15 is 0 Å². The predicted octanol–water partition coefficient (Wildman–Crippen LogP) is 3.32. The van der Waals surface area contributed by atoms with E-state index in [2.05, 4.69) is 23.7 Å². The Balaban J connectivity index is 1.79. The minimum Gasteiger partial charge on any atom is -0.335 e. The van der Waals surface area contributed by atoms with Crippen LogP contribution in [0.25, 0.3) is 11.1 Å². The third-order valence-corrected chi connectivity index (χ3v) is 5.11. The molecule has 0 radical (unpaired) electrons. The Bertz CT molecular complexity index is 818. The highest BCUT2D eigenvalue weighted by atomic mass is 16.2. The zero-order valence-electron chi connectivity index (χ0n) is 16.4. The van der Waals surface area contributed by atoms with E-state index in [1.807, 2.05) is 31.2 Å². The van der Waals surface area contributed by atoms with E-state index in [-0.39, 0.29) is 11.8 Å². The van der Waals surface area contributed by atoms with Crippen LogP contribution in [0.15, 0.2) is 61.4 Å². The maximum absolute atomic E-state index is 13.0. The average molecular weight is 377 g/mol. The van der Waals surface area contributed by atoms with E-state index in [0.29, 0.717) is 32.5 Å². The summed E-state index contributed by atoms with van der Waals surface area (Å²) in [5, 5.41) is 0. The van der Waals surface area contributed by atoms with Crippen molar-refractivity contribution in [2.45, 2.75) is 32.2 Å². The molecule has 5 nitrogen and oxygen atoms in total. The van der Waals surface area contributed by atoms with E-state index in [1.165, 1.54) is 0 Å². The Labute approximate surface area is 166 Å². The minimum atomic E-state index is -0.445. The van der Waals surface area contributed by atoms with Gasteiger partial charge in [-0.3, -0.25) is 14.6 Å². The van der Waals surface area contributed by atoms with Gasteiger partial charge in [0, 0.05) is 44.9 Å². The van der Waals surface area contributed by atoms with Gasteiger partial charge in [0.15, 0.2) is 0 Å². The van der Waals surface area contributed by atoms with Gasteiger partial charge in [0.05, 0.1) is 0 Å². The first-order valence-corrected chi connectivity index (χ1v) is 9.82. The van der Waals surface area contributed by atoms with Crippen molar-refractivity contribution in [1.82, 2.24) is 14.8 Å². The molecule has 146 valence electrons. The summed E-state index contributed by atoms with van der Waals surface area (Å²) in [6.45, 7) is 7.40. The maximum Gasteiger partial charge on any atom is 0.246 e. The van der Waals surface area contributed by atoms with Gasteiger partial charge in [-0.2, -0.15) is 0 Å². The van der Waals surface area contributed by atoms with E-state index in [9.17, 15) is 9.59 Å². The fourth-order valence-corrected chi connectivity index (χ4v) is 3.63. The number of rotatable bonds is 7. The molecule has 0 unspecified atom stereocenters. The molecule has 2 amide bonds. The zero-order valence-corrected chi connectivity index (χ0v) is 16.4. The summed E-state index contributed by atoms with van der Waals surface area (Å²) in [5.41, 5.74) is 3.26. The summed E-state index contributed by atoms with van der Waals surface area (Å²) in [6, 6.07) is 11.7. The molecule has 0 saturated carbocycles. The van der Waals surface area contributed by atoms with Crippen molar-refractivity contribution in [3.8, 4) is 11.1 Å². The molecule has 1 aromatic carbocycles. The Morgan fingerprint density at radius 2 is 1.82 bits per heavy atom. The van der Waals surface area contributed by atoms with E-state index in [1.54, 1.807) is 28.3 Å². The standard InChI is InChI=1S/C23H27N3O2/c1-3-5-22(27)26-16-15-25(14-4-2)23(28)21(26)17-18-6-8-19(9-7-18)20-10-12-24-13-11-20/h4,6-13,21H,2-3,5,14-17H2,1H3/t21-/m0/s1. The lowest BCUT2D eigenvalue weighted by atomic mass is 9.98. The Hall–Kier alpha value is -2.95. The molecule has 1 aliphatic rings. The first kappa shape index (κ1) is 19.8. The van der Waals surface area contributed by atoms with E-state index < -0.39 is 6.04 Å². The molecule has 0 spiro atoms. The van der Waals surface area contributed by atoms with Crippen molar-refractivity contribution in [3.05, 3.63) is 67.0 Å². The van der Waals surface area contributed by atoms with Gasteiger partial charge in [0.2, 0.25) is 11.8 Å². The van der Waals surface area contributed by atoms with Crippen molar-refractivity contribution in [2.24, 2.45) is 0 Å². The average Bonchev–Trinajstić information content (AvgIpc) is 2.72. The third kappa shape index (κ3) is 4.47. The quantitative estimate of drug-likeness (QED) is 0.696. The number of aromatic nitrogens is 1. The molecule has 1 saturated heterocycles. The molecular formula is C23H27N3O2. The highest BCUT2D eigenvalue weighted by Gasteiger charge is 2.36. The lowest BCUT2D eigenvalue weighted by Crippen LogP contribution is -2.59. The number of hydrogen-bond donors (Lipinski definition) is 0. The second kappa shape index (κ2) is 9.31. The number of pyridine rings is 1. The number of carbonyl (C=O) groups is 2. The maximum atomic E-state index is 13.0. The molecule has 0 bridgehead atoms. The minimum absolute atomic E-state index is 0.00816. The smallest absolute Gasteiger partial charge is 0.246 e. The molecule has 5 heteroatoms. The number of amides is 2. The first-order chi connectivity index (χ1) is 13.6. The van der Waals surface area contributed by atoms with Crippen LogP contribution < -0.4 is 0 Å². The SMILES string of the molecule is C=CCN1CCN(C(=O)CCC)[C@@H](Cc2ccc(-c3ccncc3)cc2)C1=O. The van der Waals surface area contributed by atoms with Crippen LogP contribution in [0.2, 0.25) is 0 Å². The molecule has 0 N–H and O–H groups in total. The number of piperazine rings is 1. The highest BCUT2D eigenvalue weighted by molar-refractivity contribution is 5.89. The topological polar surface area (TPSA) is 53.5 Å². The summed E-state index contributed by atoms with van der Waals surface area (Å²) >= 11 is 0. The van der Waals surface area contributed by atoms with Gasteiger partial charge in [-0.05, 0) is 35.2 Å². The molecule has 0 aliphatic carbocycles. The van der Waals surface area contributed by atoms with E-state index in [4.69, 9.17) is 0 Å². The molecule has 1 aliphatic heterocycles. The zero-order chi connectivity index (χ0) is 19.9. The van der Waals surface area contributed by atoms with Crippen molar-refractivity contribution in [3.63, 3.8) is 0 Å². The van der Waals surface area contributed by atoms with Crippen LogP contribution in [0.5, 0.6) is 0 Å². The lowest BCUT2D eigenvalue weighted by molar-refractivity contribution is -0.151. The first-order valence-electron chi connectivity index (χ1n) is 9.82. The summed E-state index contributed by atoms with van der Waals surface area (Å²) in [6.07, 6.45) is 7.07. The lowest BCUT2D eigenvalue weighted by Gasteiger charge is -2.40. The van der Waals surface area contributed by atoms with E-state index in [0.717, 1.165) is 23.1 Å². The molecule has 2 heterocycles. The molecule has 1 fully saturated rings. The molecule has 28 heavy (non-hydrogen) atoms. The normalized spacial score (nSPS) is 16.9. The summed E-state index contributed by atoms with van der Waals surface area (Å²) < 4.78 is 0. The van der Waals surface area contributed by atoms with Crippen LogP contribution in [0, 0.1) is 0 Å². The van der Waals surface area contributed by atoms with Gasteiger partial charge in [-0.1, -0.05) is 37.3 Å². The van der Waals surface area contributed by atoms with Crippen LogP contribution in [-0.2, 0) is 16.0 Å². The fraction of sp³-hybridized carbons (Fsp3) is 0.348. The second-order valence-corrected chi connectivity index (χ2v) is 7.06. The molecule has 1 aromatic heterocycles. The molecule has 1 atom stereocenters.